The number of carboxylic acid groups (broad SMARTS) is 1. The number of pyridine rings is 1. The zero-order valence-corrected chi connectivity index (χ0v) is 11.5. The monoisotopic (exact) mass is 282 g/mol. The van der Waals surface area contributed by atoms with Crippen LogP contribution in [-0.2, 0) is 9.53 Å². The number of aliphatic carboxylic acids is 1. The first-order valence-corrected chi connectivity index (χ1v) is 6.11. The predicted molar refractivity (Wildman–Crippen MR) is 70.8 cm³/mol. The molecule has 110 valence electrons. The van der Waals surface area contributed by atoms with E-state index in [-0.39, 0.29) is 17.9 Å². The van der Waals surface area contributed by atoms with E-state index in [2.05, 4.69) is 10.3 Å². The van der Waals surface area contributed by atoms with Gasteiger partial charge in [0.25, 0.3) is 5.91 Å². The highest BCUT2D eigenvalue weighted by atomic mass is 16.5. The van der Waals surface area contributed by atoms with Gasteiger partial charge in [-0.3, -0.25) is 4.79 Å². The van der Waals surface area contributed by atoms with Crippen LogP contribution in [0.25, 0.3) is 0 Å². The standard InChI is InChI=1S/C13H18N2O5/c1-19-8-4-6-10(13(17)18)15-11(16)9-5-3-7-14-12(9)20-2/h3,5,7,10H,4,6,8H2,1-2H3,(H,15,16)(H,17,18). The van der Waals surface area contributed by atoms with E-state index in [0.29, 0.717) is 13.0 Å². The molecular formula is C13H18N2O5. The number of methoxy groups -OCH3 is 2. The smallest absolute Gasteiger partial charge is 0.326 e. The van der Waals surface area contributed by atoms with Gasteiger partial charge in [0.15, 0.2) is 0 Å². The maximum Gasteiger partial charge on any atom is 0.326 e. The first-order chi connectivity index (χ1) is 9.60. The van der Waals surface area contributed by atoms with Crippen LogP contribution in [0.4, 0.5) is 0 Å². The van der Waals surface area contributed by atoms with E-state index in [1.807, 2.05) is 0 Å². The Labute approximate surface area is 116 Å². The van der Waals surface area contributed by atoms with Crippen LogP contribution >= 0.6 is 0 Å². The van der Waals surface area contributed by atoms with Gasteiger partial charge in [-0.05, 0) is 25.0 Å². The fourth-order valence-corrected chi connectivity index (χ4v) is 1.65. The van der Waals surface area contributed by atoms with Crippen molar-refractivity contribution in [3.05, 3.63) is 23.9 Å². The maximum atomic E-state index is 12.0. The van der Waals surface area contributed by atoms with Crippen LogP contribution in [0.15, 0.2) is 18.3 Å². The molecular weight excluding hydrogens is 264 g/mol. The Hall–Kier alpha value is -2.15. The van der Waals surface area contributed by atoms with Crippen molar-refractivity contribution in [3.8, 4) is 5.88 Å². The molecule has 0 fully saturated rings. The average Bonchev–Trinajstić information content (AvgIpc) is 2.46. The molecule has 0 saturated heterocycles. The molecule has 0 radical (unpaired) electrons. The third-order valence-electron chi connectivity index (χ3n) is 2.65. The highest BCUT2D eigenvalue weighted by molar-refractivity contribution is 5.98. The molecule has 0 aliphatic carbocycles. The van der Waals surface area contributed by atoms with Gasteiger partial charge in [-0.15, -0.1) is 0 Å². The minimum absolute atomic E-state index is 0.158. The number of hydrogen-bond acceptors (Lipinski definition) is 5. The van der Waals surface area contributed by atoms with Crippen LogP contribution < -0.4 is 10.1 Å². The van der Waals surface area contributed by atoms with E-state index in [0.717, 1.165) is 0 Å². The lowest BCUT2D eigenvalue weighted by atomic mass is 10.1. The van der Waals surface area contributed by atoms with Crippen molar-refractivity contribution in [1.82, 2.24) is 10.3 Å². The SMILES string of the molecule is COCCCC(NC(=O)c1cccnc1OC)C(=O)O. The Morgan fingerprint density at radius 3 is 2.80 bits per heavy atom. The Balaban J connectivity index is 2.72. The van der Waals surface area contributed by atoms with Crippen LogP contribution in [0.3, 0.4) is 0 Å². The molecule has 1 unspecified atom stereocenters. The highest BCUT2D eigenvalue weighted by Crippen LogP contribution is 2.13. The molecule has 1 aromatic rings. The van der Waals surface area contributed by atoms with Gasteiger partial charge in [0.05, 0.1) is 7.11 Å². The lowest BCUT2D eigenvalue weighted by molar-refractivity contribution is -0.139. The molecule has 1 aromatic heterocycles. The van der Waals surface area contributed by atoms with Gasteiger partial charge in [0, 0.05) is 19.9 Å². The lowest BCUT2D eigenvalue weighted by Gasteiger charge is -2.15. The number of ether oxygens (including phenoxy) is 2. The van der Waals surface area contributed by atoms with Crippen molar-refractivity contribution >= 4 is 11.9 Å². The first kappa shape index (κ1) is 15.9. The van der Waals surface area contributed by atoms with Gasteiger partial charge < -0.3 is 19.9 Å². The Bertz CT molecular complexity index is 464. The normalized spacial score (nSPS) is 11.7. The number of amides is 1. The zero-order chi connectivity index (χ0) is 15.0. The van der Waals surface area contributed by atoms with Crippen LogP contribution in [0.5, 0.6) is 5.88 Å². The van der Waals surface area contributed by atoms with E-state index in [9.17, 15) is 9.59 Å². The van der Waals surface area contributed by atoms with Crippen LogP contribution in [0.1, 0.15) is 23.2 Å². The molecule has 20 heavy (non-hydrogen) atoms. The average molecular weight is 282 g/mol. The van der Waals surface area contributed by atoms with Gasteiger partial charge in [-0.2, -0.15) is 0 Å². The molecule has 1 heterocycles. The van der Waals surface area contributed by atoms with Crippen LogP contribution in [0, 0.1) is 0 Å². The van der Waals surface area contributed by atoms with Crippen LogP contribution in [0.2, 0.25) is 0 Å². The molecule has 7 heteroatoms. The summed E-state index contributed by atoms with van der Waals surface area (Å²) in [4.78, 5) is 27.1. The molecule has 0 aliphatic rings. The van der Waals surface area contributed by atoms with E-state index >= 15 is 0 Å². The van der Waals surface area contributed by atoms with E-state index in [1.54, 1.807) is 6.07 Å². The molecule has 0 aliphatic heterocycles. The van der Waals surface area contributed by atoms with Gasteiger partial charge in [-0.25, -0.2) is 9.78 Å². The fourth-order valence-electron chi connectivity index (χ4n) is 1.65. The van der Waals surface area contributed by atoms with Gasteiger partial charge in [0.1, 0.15) is 11.6 Å². The Morgan fingerprint density at radius 2 is 2.20 bits per heavy atom. The van der Waals surface area contributed by atoms with Crippen LogP contribution in [-0.4, -0.2) is 48.8 Å². The largest absolute Gasteiger partial charge is 0.480 e. The minimum Gasteiger partial charge on any atom is -0.480 e. The summed E-state index contributed by atoms with van der Waals surface area (Å²) in [6.07, 6.45) is 2.32. The third-order valence-corrected chi connectivity index (χ3v) is 2.65. The number of carbonyl (C=O) groups excluding carboxylic acids is 1. The van der Waals surface area contributed by atoms with Crippen molar-refractivity contribution in [1.29, 1.82) is 0 Å². The van der Waals surface area contributed by atoms with Gasteiger partial charge in [-0.1, -0.05) is 0 Å². The van der Waals surface area contributed by atoms with Gasteiger partial charge >= 0.3 is 5.97 Å². The number of rotatable bonds is 8. The maximum absolute atomic E-state index is 12.0. The molecule has 1 amide bonds. The molecule has 1 rings (SSSR count). The quantitative estimate of drug-likeness (QED) is 0.681. The summed E-state index contributed by atoms with van der Waals surface area (Å²) >= 11 is 0. The topological polar surface area (TPSA) is 97.8 Å². The molecule has 0 spiro atoms. The summed E-state index contributed by atoms with van der Waals surface area (Å²) in [6, 6.07) is 2.13. The molecule has 1 atom stereocenters. The lowest BCUT2D eigenvalue weighted by Crippen LogP contribution is -2.41. The summed E-state index contributed by atoms with van der Waals surface area (Å²) < 4.78 is 9.83. The van der Waals surface area contributed by atoms with Gasteiger partial charge in [0.2, 0.25) is 5.88 Å². The van der Waals surface area contributed by atoms with E-state index in [4.69, 9.17) is 14.6 Å². The van der Waals surface area contributed by atoms with Crippen molar-refractivity contribution in [3.63, 3.8) is 0 Å². The predicted octanol–water partition coefficient (Wildman–Crippen LogP) is 0.700. The first-order valence-electron chi connectivity index (χ1n) is 6.11. The number of nitrogens with zero attached hydrogens (tertiary/aromatic N) is 1. The zero-order valence-electron chi connectivity index (χ0n) is 11.5. The third kappa shape index (κ3) is 4.51. The number of carboxylic acids is 1. The number of aromatic nitrogens is 1. The van der Waals surface area contributed by atoms with Crippen molar-refractivity contribution in [2.75, 3.05) is 20.8 Å². The summed E-state index contributed by atoms with van der Waals surface area (Å²) in [7, 11) is 2.93. The van der Waals surface area contributed by atoms with E-state index in [1.165, 1.54) is 26.5 Å². The second-order valence-electron chi connectivity index (χ2n) is 4.06. The fraction of sp³-hybridized carbons (Fsp3) is 0.462. The number of carbonyl (C=O) groups is 2. The van der Waals surface area contributed by atoms with E-state index < -0.39 is 17.9 Å². The van der Waals surface area contributed by atoms with Crippen molar-refractivity contribution < 1.29 is 24.2 Å². The summed E-state index contributed by atoms with van der Waals surface area (Å²) in [6.45, 7) is 0.440. The molecule has 2 N–H and O–H groups in total. The number of nitrogens with one attached hydrogen (secondary N) is 1. The van der Waals surface area contributed by atoms with Crippen molar-refractivity contribution in [2.24, 2.45) is 0 Å². The Kier molecular flexibility index (Phi) is 6.45. The van der Waals surface area contributed by atoms with Crippen molar-refractivity contribution in [2.45, 2.75) is 18.9 Å². The molecule has 7 nitrogen and oxygen atoms in total. The molecule has 0 saturated carbocycles. The second-order valence-corrected chi connectivity index (χ2v) is 4.06. The summed E-state index contributed by atoms with van der Waals surface area (Å²) in [5.74, 6) is -1.46. The summed E-state index contributed by atoms with van der Waals surface area (Å²) in [5.41, 5.74) is 0.202. The molecule has 0 bridgehead atoms. The minimum atomic E-state index is -1.09. The molecule has 0 aromatic carbocycles. The summed E-state index contributed by atoms with van der Waals surface area (Å²) in [5, 5.41) is 11.5. The number of hydrogen-bond donors (Lipinski definition) is 2. The second kappa shape index (κ2) is 8.11. The Morgan fingerprint density at radius 1 is 1.45 bits per heavy atom. The highest BCUT2D eigenvalue weighted by Gasteiger charge is 2.22.